The molecule has 0 aliphatic carbocycles. The molecular weight excluding hydrogens is 322 g/mol. The van der Waals surface area contributed by atoms with Gasteiger partial charge in [-0.05, 0) is 42.2 Å². The first kappa shape index (κ1) is 17.0. The molecule has 1 heterocycles. The molecule has 6 heteroatoms. The van der Waals surface area contributed by atoms with Gasteiger partial charge in [-0.25, -0.2) is 0 Å². The number of hydrogen-bond donors (Lipinski definition) is 2. The number of hydrogen-bond acceptors (Lipinski definition) is 5. The standard InChI is InChI=1S/C19H21NO5/c1-23-16-4-2-3-14(19(16)22)9-10-20-18(21)8-6-13-5-7-15-17(11-13)25-12-24-15/h2-5,7,11,22H,6,8-10,12H2,1H3,(H,20,21). The van der Waals surface area contributed by atoms with E-state index in [1.165, 1.54) is 7.11 Å². The molecular formula is C19H21NO5. The highest BCUT2D eigenvalue weighted by Crippen LogP contribution is 2.32. The number of nitrogens with one attached hydrogen (secondary N) is 1. The Kier molecular flexibility index (Phi) is 5.28. The average molecular weight is 343 g/mol. The maximum absolute atomic E-state index is 12.0. The van der Waals surface area contributed by atoms with Crippen LogP contribution >= 0.6 is 0 Å². The molecule has 2 N–H and O–H groups in total. The Labute approximate surface area is 146 Å². The number of methoxy groups -OCH3 is 1. The van der Waals surface area contributed by atoms with Crippen LogP contribution in [0.4, 0.5) is 0 Å². The summed E-state index contributed by atoms with van der Waals surface area (Å²) in [5, 5.41) is 12.9. The van der Waals surface area contributed by atoms with Gasteiger partial charge in [0, 0.05) is 13.0 Å². The van der Waals surface area contributed by atoms with Crippen LogP contribution in [0.15, 0.2) is 36.4 Å². The van der Waals surface area contributed by atoms with E-state index < -0.39 is 0 Å². The number of ether oxygens (including phenoxy) is 3. The number of rotatable bonds is 7. The molecule has 1 amide bonds. The number of aryl methyl sites for hydroxylation is 1. The molecule has 132 valence electrons. The van der Waals surface area contributed by atoms with Gasteiger partial charge in [-0.3, -0.25) is 4.79 Å². The van der Waals surface area contributed by atoms with Gasteiger partial charge in [0.15, 0.2) is 23.0 Å². The van der Waals surface area contributed by atoms with E-state index in [-0.39, 0.29) is 18.4 Å². The van der Waals surface area contributed by atoms with Crippen molar-refractivity contribution in [1.29, 1.82) is 0 Å². The lowest BCUT2D eigenvalue weighted by molar-refractivity contribution is -0.121. The minimum atomic E-state index is -0.0277. The zero-order chi connectivity index (χ0) is 17.6. The average Bonchev–Trinajstić information content (AvgIpc) is 3.09. The number of carbonyl (C=O) groups excluding carboxylic acids is 1. The van der Waals surface area contributed by atoms with E-state index in [9.17, 15) is 9.90 Å². The molecule has 0 bridgehead atoms. The van der Waals surface area contributed by atoms with E-state index in [0.717, 1.165) is 22.6 Å². The lowest BCUT2D eigenvalue weighted by atomic mass is 10.1. The highest BCUT2D eigenvalue weighted by Gasteiger charge is 2.13. The molecule has 25 heavy (non-hydrogen) atoms. The first-order chi connectivity index (χ1) is 12.2. The Morgan fingerprint density at radius 1 is 1.20 bits per heavy atom. The van der Waals surface area contributed by atoms with Crippen LogP contribution < -0.4 is 19.5 Å². The number of phenols is 1. The van der Waals surface area contributed by atoms with E-state index in [2.05, 4.69) is 5.32 Å². The summed E-state index contributed by atoms with van der Waals surface area (Å²) in [7, 11) is 1.51. The number of para-hydroxylation sites is 1. The zero-order valence-electron chi connectivity index (χ0n) is 14.1. The number of aromatic hydroxyl groups is 1. The normalized spacial score (nSPS) is 12.0. The van der Waals surface area contributed by atoms with E-state index in [4.69, 9.17) is 14.2 Å². The second-order valence-electron chi connectivity index (χ2n) is 5.76. The Bertz CT molecular complexity index is 759. The van der Waals surface area contributed by atoms with E-state index in [0.29, 0.717) is 31.6 Å². The molecule has 2 aromatic rings. The summed E-state index contributed by atoms with van der Waals surface area (Å²) >= 11 is 0. The molecule has 3 rings (SSSR count). The van der Waals surface area contributed by atoms with Crippen molar-refractivity contribution in [2.75, 3.05) is 20.4 Å². The minimum Gasteiger partial charge on any atom is -0.504 e. The molecule has 6 nitrogen and oxygen atoms in total. The Morgan fingerprint density at radius 3 is 2.88 bits per heavy atom. The maximum atomic E-state index is 12.0. The Morgan fingerprint density at radius 2 is 2.04 bits per heavy atom. The summed E-state index contributed by atoms with van der Waals surface area (Å²) in [6, 6.07) is 11.0. The number of amides is 1. The molecule has 0 aromatic heterocycles. The molecule has 0 atom stereocenters. The van der Waals surface area contributed by atoms with Crippen LogP contribution in [0.1, 0.15) is 17.5 Å². The topological polar surface area (TPSA) is 77.0 Å². The fourth-order valence-electron chi connectivity index (χ4n) is 2.71. The monoisotopic (exact) mass is 343 g/mol. The fraction of sp³-hybridized carbons (Fsp3) is 0.316. The lowest BCUT2D eigenvalue weighted by Crippen LogP contribution is -2.25. The molecule has 0 spiro atoms. The van der Waals surface area contributed by atoms with Gasteiger partial charge in [-0.15, -0.1) is 0 Å². The van der Waals surface area contributed by atoms with Crippen molar-refractivity contribution < 1.29 is 24.1 Å². The van der Waals surface area contributed by atoms with Crippen LogP contribution in [0.5, 0.6) is 23.0 Å². The van der Waals surface area contributed by atoms with Crippen LogP contribution in [0.3, 0.4) is 0 Å². The molecule has 0 unspecified atom stereocenters. The summed E-state index contributed by atoms with van der Waals surface area (Å²) in [5.74, 6) is 2.00. The minimum absolute atomic E-state index is 0.0277. The Balaban J connectivity index is 1.44. The summed E-state index contributed by atoms with van der Waals surface area (Å²) in [6.07, 6.45) is 1.56. The maximum Gasteiger partial charge on any atom is 0.231 e. The third kappa shape index (κ3) is 4.15. The number of phenolic OH excluding ortho intramolecular Hbond substituents is 1. The second kappa shape index (κ2) is 7.79. The first-order valence-corrected chi connectivity index (χ1v) is 8.17. The van der Waals surface area contributed by atoms with Crippen LogP contribution in [-0.2, 0) is 17.6 Å². The van der Waals surface area contributed by atoms with Gasteiger partial charge in [-0.1, -0.05) is 18.2 Å². The van der Waals surface area contributed by atoms with Gasteiger partial charge in [0.25, 0.3) is 0 Å². The van der Waals surface area contributed by atoms with Crippen LogP contribution in [0.25, 0.3) is 0 Å². The molecule has 0 saturated heterocycles. The number of benzene rings is 2. The zero-order valence-corrected chi connectivity index (χ0v) is 14.1. The van der Waals surface area contributed by atoms with E-state index in [1.54, 1.807) is 6.07 Å². The lowest BCUT2D eigenvalue weighted by Gasteiger charge is -2.09. The first-order valence-electron chi connectivity index (χ1n) is 8.17. The molecule has 2 aromatic carbocycles. The highest BCUT2D eigenvalue weighted by molar-refractivity contribution is 5.76. The Hall–Kier alpha value is -2.89. The summed E-state index contributed by atoms with van der Waals surface area (Å²) in [4.78, 5) is 12.0. The van der Waals surface area contributed by atoms with Gasteiger partial charge < -0.3 is 24.6 Å². The van der Waals surface area contributed by atoms with Crippen molar-refractivity contribution in [2.24, 2.45) is 0 Å². The summed E-state index contributed by atoms with van der Waals surface area (Å²) < 4.78 is 15.7. The van der Waals surface area contributed by atoms with E-state index >= 15 is 0 Å². The largest absolute Gasteiger partial charge is 0.504 e. The molecule has 0 fully saturated rings. The third-order valence-electron chi connectivity index (χ3n) is 4.10. The van der Waals surface area contributed by atoms with Gasteiger partial charge in [0.2, 0.25) is 12.7 Å². The van der Waals surface area contributed by atoms with Crippen molar-refractivity contribution in [3.63, 3.8) is 0 Å². The number of fused-ring (bicyclic) bond motifs is 1. The van der Waals surface area contributed by atoms with Crippen molar-refractivity contribution in [1.82, 2.24) is 5.32 Å². The highest BCUT2D eigenvalue weighted by atomic mass is 16.7. The van der Waals surface area contributed by atoms with Crippen LogP contribution in [-0.4, -0.2) is 31.5 Å². The predicted octanol–water partition coefficient (Wildman–Crippen LogP) is 2.42. The van der Waals surface area contributed by atoms with Crippen molar-refractivity contribution in [2.45, 2.75) is 19.3 Å². The second-order valence-corrected chi connectivity index (χ2v) is 5.76. The summed E-state index contributed by atoms with van der Waals surface area (Å²) in [6.45, 7) is 0.705. The van der Waals surface area contributed by atoms with Crippen molar-refractivity contribution in [3.05, 3.63) is 47.5 Å². The smallest absolute Gasteiger partial charge is 0.231 e. The van der Waals surface area contributed by atoms with Gasteiger partial charge >= 0.3 is 0 Å². The quantitative estimate of drug-likeness (QED) is 0.807. The van der Waals surface area contributed by atoms with Crippen LogP contribution in [0, 0.1) is 0 Å². The fourth-order valence-corrected chi connectivity index (χ4v) is 2.71. The molecule has 0 radical (unpaired) electrons. The van der Waals surface area contributed by atoms with E-state index in [1.807, 2.05) is 30.3 Å². The van der Waals surface area contributed by atoms with Crippen LogP contribution in [0.2, 0.25) is 0 Å². The van der Waals surface area contributed by atoms with Gasteiger partial charge in [0.1, 0.15) is 0 Å². The van der Waals surface area contributed by atoms with Gasteiger partial charge in [0.05, 0.1) is 7.11 Å². The third-order valence-corrected chi connectivity index (χ3v) is 4.10. The van der Waals surface area contributed by atoms with Crippen molar-refractivity contribution in [3.8, 4) is 23.0 Å². The van der Waals surface area contributed by atoms with Crippen molar-refractivity contribution >= 4 is 5.91 Å². The number of carbonyl (C=O) groups is 1. The predicted molar refractivity (Wildman–Crippen MR) is 92.3 cm³/mol. The molecule has 1 aliphatic heterocycles. The SMILES string of the molecule is COc1cccc(CCNC(=O)CCc2ccc3c(c2)OCO3)c1O. The summed E-state index contributed by atoms with van der Waals surface area (Å²) in [5.41, 5.74) is 1.78. The molecule has 0 saturated carbocycles. The van der Waals surface area contributed by atoms with Gasteiger partial charge in [-0.2, -0.15) is 0 Å². The molecule has 1 aliphatic rings.